The fourth-order valence-corrected chi connectivity index (χ4v) is 4.63. The minimum atomic E-state index is -3.63. The van der Waals surface area contributed by atoms with E-state index in [1.54, 1.807) is 4.90 Å². The predicted octanol–water partition coefficient (Wildman–Crippen LogP) is 0.801. The van der Waals surface area contributed by atoms with Crippen LogP contribution in [0.25, 0.3) is 0 Å². The third-order valence-corrected chi connectivity index (χ3v) is 6.54. The van der Waals surface area contributed by atoms with Crippen LogP contribution in [0.4, 0.5) is 4.39 Å². The third kappa shape index (κ3) is 3.76. The lowest BCUT2D eigenvalue weighted by Crippen LogP contribution is -2.51. The molecule has 6 nitrogen and oxygen atoms in total. The predicted molar refractivity (Wildman–Crippen MR) is 87.4 cm³/mol. The van der Waals surface area contributed by atoms with Crippen molar-refractivity contribution in [1.29, 1.82) is 0 Å². The third-order valence-electron chi connectivity index (χ3n) is 4.63. The Hall–Kier alpha value is -1.51. The molecule has 1 unspecified atom stereocenters. The number of benzene rings is 1. The van der Waals surface area contributed by atoms with Crippen molar-refractivity contribution in [2.24, 2.45) is 0 Å². The van der Waals surface area contributed by atoms with Crippen molar-refractivity contribution in [3.8, 4) is 0 Å². The number of hydrogen-bond donors (Lipinski definition) is 1. The summed E-state index contributed by atoms with van der Waals surface area (Å²) in [7, 11) is -3.63. The minimum absolute atomic E-state index is 0.0771. The van der Waals surface area contributed by atoms with Gasteiger partial charge < -0.3 is 10.2 Å². The standard InChI is InChI=1S/C16H22FN3O3S/c17-13-3-5-15(6-4-13)24(22,23)20-10-8-19(9-11-20)16(21)12-14-2-1-7-18-14/h3-6,14,18H,1-2,7-12H2. The van der Waals surface area contributed by atoms with Crippen LogP contribution in [0.3, 0.4) is 0 Å². The van der Waals surface area contributed by atoms with Gasteiger partial charge in [-0.25, -0.2) is 12.8 Å². The highest BCUT2D eigenvalue weighted by Gasteiger charge is 2.31. The average Bonchev–Trinajstić information content (AvgIpc) is 3.08. The van der Waals surface area contributed by atoms with E-state index in [9.17, 15) is 17.6 Å². The van der Waals surface area contributed by atoms with Crippen LogP contribution in [0, 0.1) is 5.82 Å². The van der Waals surface area contributed by atoms with Crippen molar-refractivity contribution < 1.29 is 17.6 Å². The second-order valence-corrected chi connectivity index (χ2v) is 8.17. The lowest BCUT2D eigenvalue weighted by molar-refractivity contribution is -0.132. The van der Waals surface area contributed by atoms with Crippen LogP contribution in [0.5, 0.6) is 0 Å². The van der Waals surface area contributed by atoms with Crippen molar-refractivity contribution in [2.45, 2.75) is 30.2 Å². The average molecular weight is 355 g/mol. The van der Waals surface area contributed by atoms with Crippen LogP contribution in [0.15, 0.2) is 29.2 Å². The molecule has 1 N–H and O–H groups in total. The molecule has 3 rings (SSSR count). The Labute approximate surface area is 141 Å². The van der Waals surface area contributed by atoms with Gasteiger partial charge in [-0.05, 0) is 43.7 Å². The molecule has 1 aromatic carbocycles. The number of nitrogens with one attached hydrogen (secondary N) is 1. The van der Waals surface area contributed by atoms with Crippen molar-refractivity contribution in [3.63, 3.8) is 0 Å². The molecule has 0 aliphatic carbocycles. The molecule has 0 bridgehead atoms. The van der Waals surface area contributed by atoms with Gasteiger partial charge >= 0.3 is 0 Å². The second kappa shape index (κ2) is 7.16. The summed E-state index contributed by atoms with van der Waals surface area (Å²) in [5.74, 6) is -0.391. The van der Waals surface area contributed by atoms with E-state index in [1.807, 2.05) is 0 Å². The van der Waals surface area contributed by atoms with Crippen molar-refractivity contribution in [1.82, 2.24) is 14.5 Å². The van der Waals surface area contributed by atoms with Gasteiger partial charge in [0.2, 0.25) is 15.9 Å². The molecule has 0 saturated carbocycles. The number of hydrogen-bond acceptors (Lipinski definition) is 4. The summed E-state index contributed by atoms with van der Waals surface area (Å²) in [4.78, 5) is 14.1. The number of piperazine rings is 1. The molecule has 2 aliphatic heterocycles. The van der Waals surface area contributed by atoms with Gasteiger partial charge in [0.25, 0.3) is 0 Å². The zero-order valence-corrected chi connectivity index (χ0v) is 14.3. The SMILES string of the molecule is O=C(CC1CCCN1)N1CCN(S(=O)(=O)c2ccc(F)cc2)CC1. The number of sulfonamides is 1. The van der Waals surface area contributed by atoms with Crippen LogP contribution in [-0.2, 0) is 14.8 Å². The van der Waals surface area contributed by atoms with Gasteiger partial charge in [-0.15, -0.1) is 0 Å². The fourth-order valence-electron chi connectivity index (χ4n) is 3.20. The Balaban J connectivity index is 1.57. The molecule has 1 atom stereocenters. The Morgan fingerprint density at radius 3 is 2.42 bits per heavy atom. The molecule has 24 heavy (non-hydrogen) atoms. The molecule has 0 aromatic heterocycles. The van der Waals surface area contributed by atoms with Gasteiger partial charge in [0.05, 0.1) is 4.90 Å². The van der Waals surface area contributed by atoms with E-state index >= 15 is 0 Å². The van der Waals surface area contributed by atoms with E-state index in [4.69, 9.17) is 0 Å². The smallest absolute Gasteiger partial charge is 0.243 e. The first-order valence-corrected chi connectivity index (χ1v) is 9.68. The van der Waals surface area contributed by atoms with Gasteiger partial charge in [-0.2, -0.15) is 4.31 Å². The number of halogens is 1. The number of carbonyl (C=O) groups excluding carboxylic acids is 1. The molecule has 2 aliphatic rings. The van der Waals surface area contributed by atoms with E-state index in [1.165, 1.54) is 16.4 Å². The van der Waals surface area contributed by atoms with Gasteiger partial charge in [0.15, 0.2) is 0 Å². The molecule has 1 aromatic rings. The summed E-state index contributed by atoms with van der Waals surface area (Å²) in [6.07, 6.45) is 2.59. The van der Waals surface area contributed by atoms with Crippen LogP contribution < -0.4 is 5.32 Å². The first kappa shape index (κ1) is 17.3. The lowest BCUT2D eigenvalue weighted by Gasteiger charge is -2.34. The second-order valence-electron chi connectivity index (χ2n) is 6.24. The maximum Gasteiger partial charge on any atom is 0.243 e. The summed E-state index contributed by atoms with van der Waals surface area (Å²) in [6, 6.07) is 5.07. The Morgan fingerprint density at radius 2 is 1.83 bits per heavy atom. The largest absolute Gasteiger partial charge is 0.340 e. The highest BCUT2D eigenvalue weighted by Crippen LogP contribution is 2.19. The van der Waals surface area contributed by atoms with Crippen LogP contribution in [-0.4, -0.2) is 62.3 Å². The Bertz CT molecular complexity index is 679. The maximum atomic E-state index is 13.0. The first-order chi connectivity index (χ1) is 11.5. The Kier molecular flexibility index (Phi) is 5.17. The summed E-state index contributed by atoms with van der Waals surface area (Å²) < 4.78 is 39.4. The van der Waals surface area contributed by atoms with Gasteiger partial charge in [0.1, 0.15) is 5.82 Å². The number of rotatable bonds is 4. The zero-order chi connectivity index (χ0) is 17.2. The molecular formula is C16H22FN3O3S. The number of amides is 1. The minimum Gasteiger partial charge on any atom is -0.340 e. The van der Waals surface area contributed by atoms with Crippen molar-refractivity contribution in [2.75, 3.05) is 32.7 Å². The van der Waals surface area contributed by atoms with Crippen LogP contribution in [0.1, 0.15) is 19.3 Å². The molecule has 132 valence electrons. The molecule has 0 radical (unpaired) electrons. The molecule has 0 spiro atoms. The molecule has 1 amide bonds. The molecule has 2 saturated heterocycles. The van der Waals surface area contributed by atoms with E-state index in [2.05, 4.69) is 5.32 Å². The molecular weight excluding hydrogens is 333 g/mol. The van der Waals surface area contributed by atoms with E-state index in [0.717, 1.165) is 31.5 Å². The fraction of sp³-hybridized carbons (Fsp3) is 0.562. The summed E-state index contributed by atoms with van der Waals surface area (Å²) in [6.45, 7) is 2.28. The van der Waals surface area contributed by atoms with Gasteiger partial charge in [0, 0.05) is 38.6 Å². The van der Waals surface area contributed by atoms with Crippen molar-refractivity contribution >= 4 is 15.9 Å². The van der Waals surface area contributed by atoms with E-state index in [-0.39, 0.29) is 29.9 Å². The quantitative estimate of drug-likeness (QED) is 0.867. The first-order valence-electron chi connectivity index (χ1n) is 8.24. The van der Waals surface area contributed by atoms with E-state index in [0.29, 0.717) is 19.5 Å². The molecule has 2 heterocycles. The summed E-state index contributed by atoms with van der Waals surface area (Å²) in [5.41, 5.74) is 0. The number of carbonyl (C=O) groups is 1. The molecule has 8 heteroatoms. The van der Waals surface area contributed by atoms with Crippen LogP contribution in [0.2, 0.25) is 0 Å². The van der Waals surface area contributed by atoms with Gasteiger partial charge in [-0.3, -0.25) is 4.79 Å². The highest BCUT2D eigenvalue weighted by atomic mass is 32.2. The monoisotopic (exact) mass is 355 g/mol. The maximum absolute atomic E-state index is 13.0. The summed E-state index contributed by atoms with van der Waals surface area (Å²) >= 11 is 0. The highest BCUT2D eigenvalue weighted by molar-refractivity contribution is 7.89. The molecule has 2 fully saturated rings. The van der Waals surface area contributed by atoms with Crippen LogP contribution >= 0.6 is 0 Å². The lowest BCUT2D eigenvalue weighted by atomic mass is 10.1. The topological polar surface area (TPSA) is 69.7 Å². The van der Waals surface area contributed by atoms with Crippen molar-refractivity contribution in [3.05, 3.63) is 30.1 Å². The normalized spacial score (nSPS) is 22.7. The van der Waals surface area contributed by atoms with Gasteiger partial charge in [-0.1, -0.05) is 0 Å². The zero-order valence-electron chi connectivity index (χ0n) is 13.4. The Morgan fingerprint density at radius 1 is 1.17 bits per heavy atom. The number of nitrogens with zero attached hydrogens (tertiary/aromatic N) is 2. The van der Waals surface area contributed by atoms with E-state index < -0.39 is 15.8 Å². The summed E-state index contributed by atoms with van der Waals surface area (Å²) in [5, 5.41) is 3.30.